The number of likely N-dealkylation sites (N-methyl/N-ethyl adjacent to an activating group) is 2. The Balaban J connectivity index is 1.95. The molecule has 0 aromatic heterocycles. The van der Waals surface area contributed by atoms with Gasteiger partial charge in [0.05, 0.1) is 4.92 Å². The molecule has 1 unspecified atom stereocenters. The first-order valence-corrected chi connectivity index (χ1v) is 10.9. The van der Waals surface area contributed by atoms with Gasteiger partial charge in [0, 0.05) is 32.1 Å². The molecule has 2 aliphatic rings. The summed E-state index contributed by atoms with van der Waals surface area (Å²) in [5, 5.41) is 11.6. The summed E-state index contributed by atoms with van der Waals surface area (Å²) in [6.07, 6.45) is 3.04. The number of amides is 4. The molecule has 0 saturated carbocycles. The molecule has 2 aromatic rings. The van der Waals surface area contributed by atoms with Gasteiger partial charge in [0.2, 0.25) is 0 Å². The lowest BCUT2D eigenvalue weighted by molar-refractivity contribution is -0.384. The fourth-order valence-electron chi connectivity index (χ4n) is 5.01. The van der Waals surface area contributed by atoms with Crippen molar-refractivity contribution in [2.45, 2.75) is 25.2 Å². The maximum absolute atomic E-state index is 13.7. The number of aryl methyl sites for hydroxylation is 1. The molecule has 0 N–H and O–H groups in total. The number of nitro benzene ring substituents is 1. The first-order chi connectivity index (χ1) is 16.1. The summed E-state index contributed by atoms with van der Waals surface area (Å²) < 4.78 is 0. The van der Waals surface area contributed by atoms with Gasteiger partial charge < -0.3 is 0 Å². The number of non-ortho nitro benzene ring substituents is 1. The Morgan fingerprint density at radius 3 is 2.21 bits per heavy atom. The van der Waals surface area contributed by atoms with Crippen molar-refractivity contribution in [3.05, 3.63) is 93.6 Å². The first-order valence-electron chi connectivity index (χ1n) is 10.9. The Kier molecular flexibility index (Phi) is 5.69. The van der Waals surface area contributed by atoms with Crippen LogP contribution in [0.15, 0.2) is 66.8 Å². The van der Waals surface area contributed by atoms with E-state index in [9.17, 15) is 24.5 Å². The van der Waals surface area contributed by atoms with Gasteiger partial charge >= 0.3 is 6.03 Å². The van der Waals surface area contributed by atoms with E-state index in [-0.39, 0.29) is 5.69 Å². The van der Waals surface area contributed by atoms with Gasteiger partial charge in [-0.1, -0.05) is 48.6 Å². The third-order valence-corrected chi connectivity index (χ3v) is 6.73. The van der Waals surface area contributed by atoms with Crippen LogP contribution in [0.25, 0.3) is 5.57 Å². The van der Waals surface area contributed by atoms with Crippen LogP contribution in [0.2, 0.25) is 0 Å². The van der Waals surface area contributed by atoms with Gasteiger partial charge in [-0.15, -0.1) is 0 Å². The van der Waals surface area contributed by atoms with Crippen molar-refractivity contribution in [1.82, 2.24) is 9.80 Å². The van der Waals surface area contributed by atoms with E-state index >= 15 is 0 Å². The molecule has 1 fully saturated rings. The van der Waals surface area contributed by atoms with Crippen LogP contribution in [0.1, 0.15) is 30.0 Å². The summed E-state index contributed by atoms with van der Waals surface area (Å²) >= 11 is 0. The van der Waals surface area contributed by atoms with Gasteiger partial charge in [0.25, 0.3) is 17.5 Å². The fourth-order valence-corrected chi connectivity index (χ4v) is 5.01. The van der Waals surface area contributed by atoms with E-state index in [1.165, 1.54) is 32.3 Å². The van der Waals surface area contributed by atoms with E-state index < -0.39 is 34.1 Å². The Morgan fingerprint density at radius 2 is 1.65 bits per heavy atom. The van der Waals surface area contributed by atoms with Gasteiger partial charge in [-0.3, -0.25) is 29.5 Å². The van der Waals surface area contributed by atoms with Crippen molar-refractivity contribution in [2.24, 2.45) is 5.92 Å². The fraction of sp³-hybridized carbons (Fsp3) is 0.269. The number of hydrogen-bond acceptors (Lipinski definition) is 5. The van der Waals surface area contributed by atoms with Crippen LogP contribution in [0.4, 0.5) is 10.5 Å². The lowest BCUT2D eigenvalue weighted by Crippen LogP contribution is -2.68. The minimum absolute atomic E-state index is 0.137. The molecule has 34 heavy (non-hydrogen) atoms. The first kappa shape index (κ1) is 23.1. The highest BCUT2D eigenvalue weighted by Crippen LogP contribution is 2.50. The summed E-state index contributed by atoms with van der Waals surface area (Å²) in [5.74, 6) is -2.05. The Morgan fingerprint density at radius 1 is 1.03 bits per heavy atom. The Labute approximate surface area is 197 Å². The van der Waals surface area contributed by atoms with Gasteiger partial charge in [0.15, 0.2) is 5.41 Å². The zero-order valence-corrected chi connectivity index (χ0v) is 19.3. The van der Waals surface area contributed by atoms with Crippen molar-refractivity contribution in [3.8, 4) is 0 Å². The number of nitrogens with zero attached hydrogens (tertiary/aromatic N) is 3. The molecule has 0 radical (unpaired) electrons. The molecule has 1 heterocycles. The number of hydrogen-bond donors (Lipinski definition) is 0. The topological polar surface area (TPSA) is 101 Å². The van der Waals surface area contributed by atoms with Crippen LogP contribution >= 0.6 is 0 Å². The lowest BCUT2D eigenvalue weighted by Gasteiger charge is -2.48. The number of benzene rings is 2. The van der Waals surface area contributed by atoms with Crippen LogP contribution in [0, 0.1) is 16.0 Å². The predicted octanol–water partition coefficient (Wildman–Crippen LogP) is 4.11. The molecular formula is C26H25N3O5. The standard InChI is InChI=1S/C26H25N3O5/c1-16(2)22-14-18(11-10-17-8-6-5-7-9-17)20-15-19(29(33)34)12-13-21(20)26(22)23(30)27(3)25(32)28(4)24(26)31/h5-9,12-15,22H,1,10-11H2,2-4H3. The second-order valence-electron chi connectivity index (χ2n) is 8.81. The average molecular weight is 460 g/mol. The van der Waals surface area contributed by atoms with E-state index in [0.29, 0.717) is 29.5 Å². The number of barbiturate groups is 1. The Bertz CT molecular complexity index is 1240. The predicted molar refractivity (Wildman–Crippen MR) is 127 cm³/mol. The number of carbonyl (C=O) groups excluding carboxylic acids is 3. The molecule has 1 aliphatic carbocycles. The minimum Gasteiger partial charge on any atom is -0.273 e. The Hall–Kier alpha value is -4.07. The molecule has 8 nitrogen and oxygen atoms in total. The highest BCUT2D eigenvalue weighted by atomic mass is 16.6. The van der Waals surface area contributed by atoms with Crippen molar-refractivity contribution < 1.29 is 19.3 Å². The maximum atomic E-state index is 13.7. The summed E-state index contributed by atoms with van der Waals surface area (Å²) in [7, 11) is 2.68. The van der Waals surface area contributed by atoms with Crippen molar-refractivity contribution in [1.29, 1.82) is 0 Å². The van der Waals surface area contributed by atoms with Crippen LogP contribution in [-0.2, 0) is 21.4 Å². The van der Waals surface area contributed by atoms with Gasteiger partial charge in [-0.05, 0) is 48.1 Å². The second-order valence-corrected chi connectivity index (χ2v) is 8.81. The monoisotopic (exact) mass is 459 g/mol. The third-order valence-electron chi connectivity index (χ3n) is 6.73. The molecule has 4 amide bonds. The van der Waals surface area contributed by atoms with Gasteiger partial charge in [0.1, 0.15) is 0 Å². The maximum Gasteiger partial charge on any atom is 0.332 e. The molecular weight excluding hydrogens is 434 g/mol. The number of carbonyl (C=O) groups is 3. The molecule has 2 aromatic carbocycles. The molecule has 1 spiro atoms. The quantitative estimate of drug-likeness (QED) is 0.290. The van der Waals surface area contributed by atoms with Crippen LogP contribution in [0.5, 0.6) is 0 Å². The summed E-state index contributed by atoms with van der Waals surface area (Å²) in [4.78, 5) is 52.9. The zero-order valence-electron chi connectivity index (χ0n) is 19.3. The molecule has 0 bridgehead atoms. The lowest BCUT2D eigenvalue weighted by atomic mass is 9.59. The SMILES string of the molecule is C=C(C)C1C=C(CCc2ccccc2)c2cc([N+](=O)[O-])ccc2C12C(=O)N(C)C(=O)N(C)C2=O. The smallest absolute Gasteiger partial charge is 0.273 e. The number of nitro groups is 1. The largest absolute Gasteiger partial charge is 0.332 e. The highest BCUT2D eigenvalue weighted by molar-refractivity contribution is 6.24. The van der Waals surface area contributed by atoms with Crippen LogP contribution in [0.3, 0.4) is 0 Å². The number of urea groups is 1. The van der Waals surface area contributed by atoms with Crippen molar-refractivity contribution >= 4 is 29.1 Å². The molecule has 1 atom stereocenters. The molecule has 8 heteroatoms. The third kappa shape index (κ3) is 3.34. The minimum atomic E-state index is -1.76. The van der Waals surface area contributed by atoms with Crippen molar-refractivity contribution in [3.63, 3.8) is 0 Å². The highest BCUT2D eigenvalue weighted by Gasteiger charge is 2.62. The average Bonchev–Trinajstić information content (AvgIpc) is 2.84. The number of allylic oxidation sites excluding steroid dienone is 3. The second kappa shape index (κ2) is 8.37. The molecule has 1 aliphatic heterocycles. The van der Waals surface area contributed by atoms with E-state index in [1.54, 1.807) is 6.92 Å². The molecule has 4 rings (SSSR count). The summed E-state index contributed by atoms with van der Waals surface area (Å²) in [5.41, 5.74) is 1.41. The zero-order chi connectivity index (χ0) is 24.8. The van der Waals surface area contributed by atoms with E-state index in [1.807, 2.05) is 36.4 Å². The van der Waals surface area contributed by atoms with Gasteiger partial charge in [-0.2, -0.15) is 0 Å². The summed E-state index contributed by atoms with van der Waals surface area (Å²) in [6.45, 7) is 5.80. The van der Waals surface area contributed by atoms with E-state index in [4.69, 9.17) is 0 Å². The van der Waals surface area contributed by atoms with Crippen LogP contribution in [-0.4, -0.2) is 46.7 Å². The molecule has 1 saturated heterocycles. The normalized spacial score (nSPS) is 19.2. The van der Waals surface area contributed by atoms with E-state index in [2.05, 4.69) is 6.58 Å². The van der Waals surface area contributed by atoms with Crippen LogP contribution < -0.4 is 0 Å². The molecule has 174 valence electrons. The van der Waals surface area contributed by atoms with E-state index in [0.717, 1.165) is 20.9 Å². The number of fused-ring (bicyclic) bond motifs is 2. The number of rotatable bonds is 5. The summed E-state index contributed by atoms with van der Waals surface area (Å²) in [6, 6.07) is 13.3. The van der Waals surface area contributed by atoms with Gasteiger partial charge in [-0.25, -0.2) is 4.79 Å². The number of imide groups is 2. The van der Waals surface area contributed by atoms with Crippen molar-refractivity contribution in [2.75, 3.05) is 14.1 Å².